The van der Waals surface area contributed by atoms with E-state index < -0.39 is 17.7 Å². The van der Waals surface area contributed by atoms with Gasteiger partial charge in [-0.15, -0.1) is 0 Å². The molecule has 1 atom stereocenters. The molecule has 2 N–H and O–H groups in total. The Hall–Kier alpha value is -2.70. The fourth-order valence-corrected chi connectivity index (χ4v) is 3.01. The summed E-state index contributed by atoms with van der Waals surface area (Å²) in [6, 6.07) is 15.9. The maximum atomic E-state index is 11.8. The smallest absolute Gasteiger partial charge is 0.333 e. The number of hydrogen-bond donors (Lipinski definition) is 2. The minimum absolute atomic E-state index is 0.154. The molecule has 0 spiro atoms. The van der Waals surface area contributed by atoms with Crippen molar-refractivity contribution in [1.82, 2.24) is 5.32 Å². The number of nitrogens with one attached hydrogen (secondary N) is 1. The van der Waals surface area contributed by atoms with Gasteiger partial charge in [0.05, 0.1) is 6.54 Å². The lowest BCUT2D eigenvalue weighted by Crippen LogP contribution is -2.31. The maximum Gasteiger partial charge on any atom is 0.333 e. The van der Waals surface area contributed by atoms with Crippen molar-refractivity contribution in [2.45, 2.75) is 52.4 Å². The lowest BCUT2D eigenvalue weighted by Gasteiger charge is -2.19. The van der Waals surface area contributed by atoms with Crippen molar-refractivity contribution in [3.05, 3.63) is 59.7 Å². The molecule has 2 aromatic rings. The second-order valence-corrected chi connectivity index (χ2v) is 8.07. The van der Waals surface area contributed by atoms with Crippen LogP contribution < -0.4 is 5.32 Å². The molecule has 0 saturated heterocycles. The predicted octanol–water partition coefficient (Wildman–Crippen LogP) is 3.82. The Bertz CT molecular complexity index is 839. The van der Waals surface area contributed by atoms with Gasteiger partial charge >= 0.3 is 11.9 Å². The van der Waals surface area contributed by atoms with Crippen LogP contribution in [-0.2, 0) is 32.0 Å². The number of carbonyl (C=O) groups is 2. The second kappa shape index (κ2) is 10.9. The molecule has 6 heteroatoms. The van der Waals surface area contributed by atoms with Crippen LogP contribution in [0.4, 0.5) is 0 Å². The van der Waals surface area contributed by atoms with Crippen LogP contribution in [0.5, 0.6) is 0 Å². The lowest BCUT2D eigenvalue weighted by atomic mass is 10.00. The molecule has 0 aliphatic carbocycles. The molecule has 162 valence electrons. The van der Waals surface area contributed by atoms with Crippen LogP contribution >= 0.6 is 0 Å². The first-order chi connectivity index (χ1) is 14.2. The van der Waals surface area contributed by atoms with Crippen LogP contribution in [0, 0.1) is 0 Å². The number of hydrogen-bond acceptors (Lipinski definition) is 5. The normalized spacial score (nSPS) is 12.4. The minimum atomic E-state index is -0.951. The van der Waals surface area contributed by atoms with E-state index in [-0.39, 0.29) is 12.5 Å². The number of carboxylic acid groups (broad SMARTS) is 1. The molecule has 0 radical (unpaired) electrons. The standard InChI is InChI=1S/C24H31NO5/c1-5-29-21(23(27)28)14-17-9-11-19(12-10-17)20-8-6-7-18(13-20)15-25-16-22(26)30-24(2,3)4/h6-13,21,25H,5,14-16H2,1-4H3,(H,27,28). The molecule has 30 heavy (non-hydrogen) atoms. The van der Waals surface area contributed by atoms with Crippen LogP contribution in [0.15, 0.2) is 48.5 Å². The third-order valence-corrected chi connectivity index (χ3v) is 4.30. The van der Waals surface area contributed by atoms with Gasteiger partial charge < -0.3 is 19.9 Å². The van der Waals surface area contributed by atoms with Crippen molar-refractivity contribution in [2.75, 3.05) is 13.2 Å². The predicted molar refractivity (Wildman–Crippen MR) is 116 cm³/mol. The highest BCUT2D eigenvalue weighted by atomic mass is 16.6. The van der Waals surface area contributed by atoms with Crippen molar-refractivity contribution >= 4 is 11.9 Å². The zero-order chi connectivity index (χ0) is 22.1. The second-order valence-electron chi connectivity index (χ2n) is 8.07. The summed E-state index contributed by atoms with van der Waals surface area (Å²) < 4.78 is 10.6. The van der Waals surface area contributed by atoms with E-state index in [1.54, 1.807) is 6.92 Å². The quantitative estimate of drug-likeness (QED) is 0.576. The third-order valence-electron chi connectivity index (χ3n) is 4.30. The van der Waals surface area contributed by atoms with Crippen molar-refractivity contribution in [1.29, 1.82) is 0 Å². The number of esters is 1. The highest BCUT2D eigenvalue weighted by molar-refractivity contribution is 5.73. The molecule has 2 aromatic carbocycles. The molecule has 2 rings (SSSR count). The molecule has 0 heterocycles. The Labute approximate surface area is 178 Å². The van der Waals surface area contributed by atoms with Gasteiger partial charge in [-0.05, 0) is 56.0 Å². The summed E-state index contributed by atoms with van der Waals surface area (Å²) in [5.74, 6) is -1.23. The first-order valence-electron chi connectivity index (χ1n) is 10.1. The van der Waals surface area contributed by atoms with Gasteiger partial charge in [-0.3, -0.25) is 4.79 Å². The summed E-state index contributed by atoms with van der Waals surface area (Å²) in [4.78, 5) is 23.1. The topological polar surface area (TPSA) is 84.9 Å². The van der Waals surface area contributed by atoms with Crippen molar-refractivity contribution in [3.63, 3.8) is 0 Å². The minimum Gasteiger partial charge on any atom is -0.479 e. The van der Waals surface area contributed by atoms with Crippen molar-refractivity contribution in [2.24, 2.45) is 0 Å². The zero-order valence-electron chi connectivity index (χ0n) is 18.1. The molecule has 0 bridgehead atoms. The molecule has 0 aliphatic heterocycles. The molecule has 0 fully saturated rings. The average molecular weight is 414 g/mol. The average Bonchev–Trinajstić information content (AvgIpc) is 2.67. The first-order valence-corrected chi connectivity index (χ1v) is 10.1. The van der Waals surface area contributed by atoms with Crippen LogP contribution in [0.3, 0.4) is 0 Å². The van der Waals surface area contributed by atoms with Gasteiger partial charge in [0.1, 0.15) is 5.60 Å². The summed E-state index contributed by atoms with van der Waals surface area (Å²) in [6.45, 7) is 8.40. The summed E-state index contributed by atoms with van der Waals surface area (Å²) in [7, 11) is 0. The van der Waals surface area contributed by atoms with E-state index >= 15 is 0 Å². The number of rotatable bonds is 10. The van der Waals surface area contributed by atoms with Gasteiger partial charge in [0.15, 0.2) is 6.10 Å². The van der Waals surface area contributed by atoms with Gasteiger partial charge in [-0.1, -0.05) is 42.5 Å². The molecule has 0 amide bonds. The lowest BCUT2D eigenvalue weighted by molar-refractivity contribution is -0.153. The van der Waals surface area contributed by atoms with Gasteiger partial charge in [0, 0.05) is 19.6 Å². The van der Waals surface area contributed by atoms with E-state index in [1.165, 1.54) is 0 Å². The first kappa shape index (κ1) is 23.6. The highest BCUT2D eigenvalue weighted by Gasteiger charge is 2.18. The summed E-state index contributed by atoms with van der Waals surface area (Å²) in [5, 5.41) is 12.3. The Balaban J connectivity index is 1.97. The number of carboxylic acids is 1. The van der Waals surface area contributed by atoms with Crippen LogP contribution in [0.2, 0.25) is 0 Å². The van der Waals surface area contributed by atoms with E-state index in [0.29, 0.717) is 19.6 Å². The molecular formula is C24H31NO5. The van der Waals surface area contributed by atoms with Crippen molar-refractivity contribution < 1.29 is 24.2 Å². The van der Waals surface area contributed by atoms with E-state index in [1.807, 2.05) is 63.2 Å². The zero-order valence-corrected chi connectivity index (χ0v) is 18.1. The van der Waals surface area contributed by atoms with Gasteiger partial charge in [-0.25, -0.2) is 4.79 Å². The third kappa shape index (κ3) is 7.97. The summed E-state index contributed by atoms with van der Waals surface area (Å²) >= 11 is 0. The number of aliphatic carboxylic acids is 1. The van der Waals surface area contributed by atoms with E-state index in [9.17, 15) is 14.7 Å². The SMILES string of the molecule is CCOC(Cc1ccc(-c2cccc(CNCC(=O)OC(C)(C)C)c2)cc1)C(=O)O. The Morgan fingerprint density at radius 3 is 2.33 bits per heavy atom. The summed E-state index contributed by atoms with van der Waals surface area (Å²) in [5.41, 5.74) is 3.57. The van der Waals surface area contributed by atoms with E-state index in [0.717, 1.165) is 22.3 Å². The van der Waals surface area contributed by atoms with E-state index in [2.05, 4.69) is 11.4 Å². The van der Waals surface area contributed by atoms with Crippen molar-refractivity contribution in [3.8, 4) is 11.1 Å². The van der Waals surface area contributed by atoms with E-state index in [4.69, 9.17) is 9.47 Å². The monoisotopic (exact) mass is 413 g/mol. The molecular weight excluding hydrogens is 382 g/mol. The fraction of sp³-hybridized carbons (Fsp3) is 0.417. The maximum absolute atomic E-state index is 11.8. The Kier molecular flexibility index (Phi) is 8.57. The van der Waals surface area contributed by atoms with Gasteiger partial charge in [0.2, 0.25) is 0 Å². The number of ether oxygens (including phenoxy) is 2. The van der Waals surface area contributed by atoms with Crippen LogP contribution in [-0.4, -0.2) is 41.9 Å². The fourth-order valence-electron chi connectivity index (χ4n) is 3.01. The molecule has 0 aromatic heterocycles. The number of benzene rings is 2. The summed E-state index contributed by atoms with van der Waals surface area (Å²) in [6.07, 6.45) is -0.502. The van der Waals surface area contributed by atoms with Crippen LogP contribution in [0.25, 0.3) is 11.1 Å². The number of carbonyl (C=O) groups excluding carboxylic acids is 1. The van der Waals surface area contributed by atoms with Gasteiger partial charge in [0.25, 0.3) is 0 Å². The van der Waals surface area contributed by atoms with Crippen LogP contribution in [0.1, 0.15) is 38.8 Å². The largest absolute Gasteiger partial charge is 0.479 e. The molecule has 1 unspecified atom stereocenters. The van der Waals surface area contributed by atoms with Gasteiger partial charge in [-0.2, -0.15) is 0 Å². The molecule has 6 nitrogen and oxygen atoms in total. The molecule has 0 aliphatic rings. The Morgan fingerprint density at radius 1 is 1.03 bits per heavy atom. The Morgan fingerprint density at radius 2 is 1.73 bits per heavy atom. The highest BCUT2D eigenvalue weighted by Crippen LogP contribution is 2.22. The molecule has 0 saturated carbocycles.